The molecule has 0 radical (unpaired) electrons. The van der Waals surface area contributed by atoms with Crippen LogP contribution >= 0.6 is 11.5 Å². The van der Waals surface area contributed by atoms with Gasteiger partial charge in [-0.25, -0.2) is 5.84 Å². The third kappa shape index (κ3) is 5.95. The molecule has 0 spiro atoms. The molecule has 0 atom stereocenters. The van der Waals surface area contributed by atoms with E-state index in [4.69, 9.17) is 10.6 Å². The second-order valence-electron chi connectivity index (χ2n) is 4.01. The molecule has 1 aromatic heterocycles. The molecule has 0 aliphatic heterocycles. The molecule has 98 valence electrons. The minimum Gasteiger partial charge on any atom is -0.375 e. The van der Waals surface area contributed by atoms with Crippen molar-refractivity contribution in [2.24, 2.45) is 5.84 Å². The van der Waals surface area contributed by atoms with Crippen LogP contribution in [0.2, 0.25) is 0 Å². The maximum atomic E-state index is 5.54. The van der Waals surface area contributed by atoms with Gasteiger partial charge in [0.05, 0.1) is 6.61 Å². The normalized spacial score (nSPS) is 10.7. The summed E-state index contributed by atoms with van der Waals surface area (Å²) in [5.74, 6) is 5.32. The van der Waals surface area contributed by atoms with Gasteiger partial charge < -0.3 is 10.2 Å². The zero-order chi connectivity index (χ0) is 12.3. The van der Waals surface area contributed by atoms with E-state index in [0.29, 0.717) is 6.61 Å². The lowest BCUT2D eigenvalue weighted by Crippen LogP contribution is -2.08. The largest absolute Gasteiger partial charge is 0.375 e. The van der Waals surface area contributed by atoms with E-state index >= 15 is 0 Å². The highest BCUT2D eigenvalue weighted by molar-refractivity contribution is 7.10. The summed E-state index contributed by atoms with van der Waals surface area (Å²) in [6.07, 6.45) is 7.65. The summed E-state index contributed by atoms with van der Waals surface area (Å²) in [7, 11) is 0. The van der Waals surface area contributed by atoms with Crippen LogP contribution in [0.3, 0.4) is 0 Å². The first kappa shape index (κ1) is 14.3. The van der Waals surface area contributed by atoms with Crippen LogP contribution in [0.5, 0.6) is 0 Å². The van der Waals surface area contributed by atoms with Gasteiger partial charge in [-0.3, -0.25) is 0 Å². The number of nitrogens with zero attached hydrogens (tertiary/aromatic N) is 2. The Balaban J connectivity index is 1.97. The van der Waals surface area contributed by atoms with E-state index in [-0.39, 0.29) is 0 Å². The second-order valence-corrected chi connectivity index (χ2v) is 4.77. The van der Waals surface area contributed by atoms with Gasteiger partial charge >= 0.3 is 0 Å². The predicted octanol–water partition coefficient (Wildman–Crippen LogP) is 2.70. The van der Waals surface area contributed by atoms with Gasteiger partial charge in [0, 0.05) is 18.1 Å². The highest BCUT2D eigenvalue weighted by atomic mass is 32.1. The fraction of sp³-hybridized carbons (Fsp3) is 0.818. The highest BCUT2D eigenvalue weighted by Crippen LogP contribution is 2.16. The molecule has 0 bridgehead atoms. The molecule has 0 saturated carbocycles. The molecule has 1 heterocycles. The van der Waals surface area contributed by atoms with Crippen LogP contribution < -0.4 is 11.3 Å². The van der Waals surface area contributed by atoms with Crippen LogP contribution in [0, 0.1) is 0 Å². The summed E-state index contributed by atoms with van der Waals surface area (Å²) >= 11 is 1.25. The zero-order valence-corrected chi connectivity index (χ0v) is 11.3. The van der Waals surface area contributed by atoms with Gasteiger partial charge in [-0.1, -0.05) is 43.5 Å². The molecule has 3 N–H and O–H groups in total. The maximum absolute atomic E-state index is 5.54. The van der Waals surface area contributed by atoms with Crippen LogP contribution in [0.25, 0.3) is 0 Å². The number of hydrogen-bond acceptors (Lipinski definition) is 6. The van der Waals surface area contributed by atoms with Crippen LogP contribution in [-0.2, 0) is 11.3 Å². The molecule has 0 fully saturated rings. The molecule has 1 rings (SSSR count). The Morgan fingerprint density at radius 1 is 1.24 bits per heavy atom. The number of aromatic nitrogens is 2. The SMILES string of the molecule is CCCCCCCCOCc1nnsc1NN. The number of nitrogens with two attached hydrogens (primary N) is 1. The minimum absolute atomic E-state index is 0.491. The summed E-state index contributed by atoms with van der Waals surface area (Å²) in [6, 6.07) is 0. The van der Waals surface area contributed by atoms with Crippen molar-refractivity contribution in [1.82, 2.24) is 9.59 Å². The highest BCUT2D eigenvalue weighted by Gasteiger charge is 2.05. The number of unbranched alkanes of at least 4 members (excludes halogenated alkanes) is 5. The lowest BCUT2D eigenvalue weighted by Gasteiger charge is -2.03. The fourth-order valence-corrected chi connectivity index (χ4v) is 2.04. The fourth-order valence-electron chi connectivity index (χ4n) is 1.57. The van der Waals surface area contributed by atoms with Crippen molar-refractivity contribution in [2.75, 3.05) is 12.0 Å². The molecular formula is C11H22N4OS. The average Bonchev–Trinajstić information content (AvgIpc) is 2.80. The molecule has 0 aliphatic rings. The standard InChI is InChI=1S/C11H22N4OS/c1-2-3-4-5-6-7-8-16-9-10-11(13-12)17-15-14-10/h13H,2-9,12H2,1H3. The Kier molecular flexibility index (Phi) is 7.87. The first-order valence-electron chi connectivity index (χ1n) is 6.24. The predicted molar refractivity (Wildman–Crippen MR) is 70.8 cm³/mol. The molecule has 0 aliphatic carbocycles. The van der Waals surface area contributed by atoms with Gasteiger partial charge in [0.25, 0.3) is 0 Å². The Morgan fingerprint density at radius 3 is 2.76 bits per heavy atom. The van der Waals surface area contributed by atoms with Crippen molar-refractivity contribution >= 4 is 16.5 Å². The van der Waals surface area contributed by atoms with Crippen LogP contribution in [-0.4, -0.2) is 16.2 Å². The Labute approximate surface area is 107 Å². The molecule has 5 nitrogen and oxygen atoms in total. The molecule has 1 aromatic rings. The third-order valence-electron chi connectivity index (χ3n) is 2.57. The number of nitrogens with one attached hydrogen (secondary N) is 1. The van der Waals surface area contributed by atoms with Gasteiger partial charge in [0.15, 0.2) is 0 Å². The lowest BCUT2D eigenvalue weighted by atomic mass is 10.1. The van der Waals surface area contributed by atoms with Crippen LogP contribution in [0.1, 0.15) is 51.1 Å². The monoisotopic (exact) mass is 258 g/mol. The summed E-state index contributed by atoms with van der Waals surface area (Å²) in [5.41, 5.74) is 3.36. The number of rotatable bonds is 10. The first-order chi connectivity index (χ1) is 8.38. The van der Waals surface area contributed by atoms with E-state index in [1.165, 1.54) is 43.6 Å². The molecule has 0 saturated heterocycles. The number of nitrogen functional groups attached to an aromatic ring is 1. The van der Waals surface area contributed by atoms with E-state index in [0.717, 1.165) is 23.7 Å². The number of anilines is 1. The lowest BCUT2D eigenvalue weighted by molar-refractivity contribution is 0.114. The Bertz CT molecular complexity index is 293. The topological polar surface area (TPSA) is 73.1 Å². The maximum Gasteiger partial charge on any atom is 0.149 e. The van der Waals surface area contributed by atoms with E-state index in [2.05, 4.69) is 21.9 Å². The summed E-state index contributed by atoms with van der Waals surface area (Å²) in [4.78, 5) is 0. The Hall–Kier alpha value is -0.720. The van der Waals surface area contributed by atoms with Gasteiger partial charge in [-0.15, -0.1) is 5.10 Å². The summed E-state index contributed by atoms with van der Waals surface area (Å²) in [5, 5.41) is 4.73. The summed E-state index contributed by atoms with van der Waals surface area (Å²) < 4.78 is 9.35. The van der Waals surface area contributed by atoms with Crippen molar-refractivity contribution in [2.45, 2.75) is 52.1 Å². The Morgan fingerprint density at radius 2 is 2.00 bits per heavy atom. The first-order valence-corrected chi connectivity index (χ1v) is 7.01. The number of hydrazine groups is 1. The molecule has 6 heteroatoms. The van der Waals surface area contributed by atoms with Crippen molar-refractivity contribution in [3.8, 4) is 0 Å². The number of hydrogen-bond donors (Lipinski definition) is 2. The van der Waals surface area contributed by atoms with Crippen molar-refractivity contribution in [3.05, 3.63) is 5.69 Å². The molecular weight excluding hydrogens is 236 g/mol. The number of ether oxygens (including phenoxy) is 1. The van der Waals surface area contributed by atoms with E-state index in [1.807, 2.05) is 0 Å². The summed E-state index contributed by atoms with van der Waals surface area (Å²) in [6.45, 7) is 3.51. The van der Waals surface area contributed by atoms with Gasteiger partial charge in [0.1, 0.15) is 10.7 Å². The van der Waals surface area contributed by atoms with E-state index in [9.17, 15) is 0 Å². The smallest absolute Gasteiger partial charge is 0.149 e. The van der Waals surface area contributed by atoms with Crippen LogP contribution in [0.4, 0.5) is 5.00 Å². The van der Waals surface area contributed by atoms with Crippen LogP contribution in [0.15, 0.2) is 0 Å². The average molecular weight is 258 g/mol. The molecule has 0 amide bonds. The van der Waals surface area contributed by atoms with Gasteiger partial charge in [-0.05, 0) is 6.42 Å². The minimum atomic E-state index is 0.491. The van der Waals surface area contributed by atoms with Crippen molar-refractivity contribution in [1.29, 1.82) is 0 Å². The molecule has 0 aromatic carbocycles. The molecule has 17 heavy (non-hydrogen) atoms. The molecule has 0 unspecified atom stereocenters. The van der Waals surface area contributed by atoms with Gasteiger partial charge in [0.2, 0.25) is 0 Å². The van der Waals surface area contributed by atoms with Crippen molar-refractivity contribution in [3.63, 3.8) is 0 Å². The van der Waals surface area contributed by atoms with E-state index in [1.54, 1.807) is 0 Å². The quantitative estimate of drug-likeness (QED) is 0.383. The zero-order valence-electron chi connectivity index (χ0n) is 10.4. The second kappa shape index (κ2) is 9.32. The third-order valence-corrected chi connectivity index (χ3v) is 3.27. The van der Waals surface area contributed by atoms with Crippen molar-refractivity contribution < 1.29 is 4.74 Å². The van der Waals surface area contributed by atoms with E-state index < -0.39 is 0 Å². The van der Waals surface area contributed by atoms with Gasteiger partial charge in [-0.2, -0.15) is 0 Å².